The Kier molecular flexibility index (Phi) is 8.11. The molecule has 0 aliphatic carbocycles. The first-order chi connectivity index (χ1) is 16.1. The molecule has 2 aliphatic heterocycles. The molecule has 186 valence electrons. The molecule has 5 unspecified atom stereocenters. The average molecular weight is 477 g/mol. The number of hydrogen-bond donors (Lipinski definition) is 5. The third-order valence-corrected chi connectivity index (χ3v) is 6.46. The van der Waals surface area contributed by atoms with Crippen molar-refractivity contribution < 1.29 is 34.5 Å². The van der Waals surface area contributed by atoms with E-state index in [4.69, 9.17) is 5.73 Å². The van der Waals surface area contributed by atoms with Gasteiger partial charge in [-0.25, -0.2) is 4.79 Å². The van der Waals surface area contributed by atoms with Gasteiger partial charge in [0.15, 0.2) is 0 Å². The number of likely N-dealkylation sites (tertiary alicyclic amines) is 2. The second-order valence-electron chi connectivity index (χ2n) is 8.92. The quantitative estimate of drug-likeness (QED) is 0.324. The zero-order valence-electron chi connectivity index (χ0n) is 19.1. The highest BCUT2D eigenvalue weighted by atomic mass is 16.4. The van der Waals surface area contributed by atoms with E-state index < -0.39 is 54.0 Å². The largest absolute Gasteiger partial charge is 0.508 e. The van der Waals surface area contributed by atoms with Gasteiger partial charge in [0.05, 0.1) is 6.10 Å². The van der Waals surface area contributed by atoms with Crippen LogP contribution in [0.4, 0.5) is 0 Å². The van der Waals surface area contributed by atoms with Crippen molar-refractivity contribution in [2.24, 2.45) is 5.73 Å². The summed E-state index contributed by atoms with van der Waals surface area (Å²) in [5, 5.41) is 31.5. The molecule has 2 fully saturated rings. The molecule has 6 N–H and O–H groups in total. The number of phenols is 1. The number of benzene rings is 1. The number of phenolic OH excluding ortho intramolecular Hbond substituents is 1. The fourth-order valence-corrected chi connectivity index (χ4v) is 4.52. The molecule has 11 heteroatoms. The molecule has 2 aliphatic rings. The van der Waals surface area contributed by atoms with E-state index in [1.54, 1.807) is 12.1 Å². The summed E-state index contributed by atoms with van der Waals surface area (Å²) in [6.07, 6.45) is 0.838. The Balaban J connectivity index is 1.80. The molecule has 1 aromatic carbocycles. The highest BCUT2D eigenvalue weighted by Crippen LogP contribution is 2.22. The van der Waals surface area contributed by atoms with E-state index in [-0.39, 0.29) is 18.7 Å². The zero-order valence-corrected chi connectivity index (χ0v) is 19.1. The van der Waals surface area contributed by atoms with Crippen LogP contribution >= 0.6 is 0 Å². The first-order valence-electron chi connectivity index (χ1n) is 11.5. The van der Waals surface area contributed by atoms with Gasteiger partial charge in [0.25, 0.3) is 0 Å². The van der Waals surface area contributed by atoms with Gasteiger partial charge in [0, 0.05) is 19.5 Å². The van der Waals surface area contributed by atoms with Crippen LogP contribution in [0.5, 0.6) is 5.75 Å². The predicted octanol–water partition coefficient (Wildman–Crippen LogP) is -0.806. The maximum Gasteiger partial charge on any atom is 0.326 e. The molecular weight excluding hydrogens is 444 g/mol. The number of aliphatic carboxylic acids is 1. The van der Waals surface area contributed by atoms with Crippen LogP contribution < -0.4 is 11.1 Å². The smallest absolute Gasteiger partial charge is 0.326 e. The van der Waals surface area contributed by atoms with Crippen molar-refractivity contribution in [1.82, 2.24) is 15.1 Å². The standard InChI is InChI=1S/C23H32N4O7/c1-13(28)19(24)22(32)26-10-2-4-17(26)20(30)25-16(12-14-6-8-15(29)9-7-14)21(31)27-11-3-5-18(27)23(33)34/h6-9,13,16-19,28-29H,2-5,10-12,24H2,1H3,(H,25,30)(H,33,34). The van der Waals surface area contributed by atoms with E-state index in [2.05, 4.69) is 5.32 Å². The molecule has 0 bridgehead atoms. The van der Waals surface area contributed by atoms with Crippen molar-refractivity contribution in [3.63, 3.8) is 0 Å². The molecule has 3 rings (SSSR count). The number of nitrogens with zero attached hydrogens (tertiary/aromatic N) is 2. The van der Waals surface area contributed by atoms with Gasteiger partial charge in [-0.05, 0) is 50.3 Å². The molecule has 2 heterocycles. The van der Waals surface area contributed by atoms with Gasteiger partial charge in [0.2, 0.25) is 17.7 Å². The lowest BCUT2D eigenvalue weighted by molar-refractivity contribution is -0.149. The van der Waals surface area contributed by atoms with Crippen molar-refractivity contribution >= 4 is 23.7 Å². The molecule has 0 saturated carbocycles. The van der Waals surface area contributed by atoms with E-state index in [0.29, 0.717) is 37.8 Å². The Hall–Kier alpha value is -3.18. The Labute approximate surface area is 197 Å². The van der Waals surface area contributed by atoms with Crippen molar-refractivity contribution in [2.45, 2.75) is 69.3 Å². The fraction of sp³-hybridized carbons (Fsp3) is 0.565. The Bertz CT molecular complexity index is 920. The SMILES string of the molecule is CC(O)C(N)C(=O)N1CCCC1C(=O)NC(Cc1ccc(O)cc1)C(=O)N1CCCC1C(=O)O. The topological polar surface area (TPSA) is 174 Å². The lowest BCUT2D eigenvalue weighted by Crippen LogP contribution is -2.58. The van der Waals surface area contributed by atoms with Gasteiger partial charge >= 0.3 is 5.97 Å². The number of aliphatic hydroxyl groups excluding tert-OH is 1. The Morgan fingerprint density at radius 3 is 2.15 bits per heavy atom. The molecule has 34 heavy (non-hydrogen) atoms. The minimum atomic E-state index is -1.16. The molecule has 1 aromatic rings. The number of carboxylic acid groups (broad SMARTS) is 1. The number of carboxylic acids is 1. The number of rotatable bonds is 8. The number of carbonyl (C=O) groups is 4. The molecule has 11 nitrogen and oxygen atoms in total. The van der Waals surface area contributed by atoms with Gasteiger partial charge < -0.3 is 36.2 Å². The summed E-state index contributed by atoms with van der Waals surface area (Å²) < 4.78 is 0. The normalized spacial score (nSPS) is 22.8. The van der Waals surface area contributed by atoms with E-state index >= 15 is 0 Å². The van der Waals surface area contributed by atoms with E-state index in [0.717, 1.165) is 0 Å². The summed E-state index contributed by atoms with van der Waals surface area (Å²) in [5.74, 6) is -2.63. The molecule has 5 atom stereocenters. The number of aromatic hydroxyl groups is 1. The third kappa shape index (κ3) is 5.65. The summed E-state index contributed by atoms with van der Waals surface area (Å²) in [5.41, 5.74) is 6.45. The third-order valence-electron chi connectivity index (χ3n) is 6.46. The van der Waals surface area contributed by atoms with E-state index in [1.807, 2.05) is 0 Å². The van der Waals surface area contributed by atoms with Gasteiger partial charge in [-0.15, -0.1) is 0 Å². The minimum absolute atomic E-state index is 0.0516. The Morgan fingerprint density at radius 1 is 1.03 bits per heavy atom. The van der Waals surface area contributed by atoms with Crippen molar-refractivity contribution in [3.8, 4) is 5.75 Å². The number of hydrogen-bond acceptors (Lipinski definition) is 7. The first kappa shape index (κ1) is 25.4. The van der Waals surface area contributed by atoms with Gasteiger partial charge in [0.1, 0.15) is 29.9 Å². The number of amides is 3. The molecule has 2 saturated heterocycles. The number of carbonyl (C=O) groups excluding carboxylic acids is 3. The van der Waals surface area contributed by atoms with Crippen LogP contribution in [0.25, 0.3) is 0 Å². The average Bonchev–Trinajstić information content (AvgIpc) is 3.48. The highest BCUT2D eigenvalue weighted by Gasteiger charge is 2.41. The number of nitrogens with one attached hydrogen (secondary N) is 1. The van der Waals surface area contributed by atoms with Crippen LogP contribution in [0.3, 0.4) is 0 Å². The lowest BCUT2D eigenvalue weighted by Gasteiger charge is -2.31. The van der Waals surface area contributed by atoms with Gasteiger partial charge in [-0.2, -0.15) is 0 Å². The molecule has 0 spiro atoms. The Morgan fingerprint density at radius 2 is 1.59 bits per heavy atom. The maximum atomic E-state index is 13.4. The second kappa shape index (κ2) is 10.8. The van der Waals surface area contributed by atoms with Crippen LogP contribution in [0.15, 0.2) is 24.3 Å². The summed E-state index contributed by atoms with van der Waals surface area (Å²) in [4.78, 5) is 53.4. The van der Waals surface area contributed by atoms with Gasteiger partial charge in [-0.3, -0.25) is 14.4 Å². The molecule has 0 aromatic heterocycles. The highest BCUT2D eigenvalue weighted by molar-refractivity contribution is 5.94. The van der Waals surface area contributed by atoms with Crippen LogP contribution in [0.1, 0.15) is 38.2 Å². The van der Waals surface area contributed by atoms with E-state index in [1.165, 1.54) is 28.9 Å². The second-order valence-corrected chi connectivity index (χ2v) is 8.92. The molecular formula is C23H32N4O7. The van der Waals surface area contributed by atoms with Crippen molar-refractivity contribution in [1.29, 1.82) is 0 Å². The lowest BCUT2D eigenvalue weighted by atomic mass is 10.0. The van der Waals surface area contributed by atoms with E-state index in [9.17, 15) is 34.5 Å². The van der Waals surface area contributed by atoms with Crippen molar-refractivity contribution in [3.05, 3.63) is 29.8 Å². The van der Waals surface area contributed by atoms with Gasteiger partial charge in [-0.1, -0.05) is 12.1 Å². The fourth-order valence-electron chi connectivity index (χ4n) is 4.52. The molecule has 0 radical (unpaired) electrons. The van der Waals surface area contributed by atoms with Crippen LogP contribution in [0, 0.1) is 0 Å². The minimum Gasteiger partial charge on any atom is -0.508 e. The predicted molar refractivity (Wildman–Crippen MR) is 121 cm³/mol. The first-order valence-corrected chi connectivity index (χ1v) is 11.5. The van der Waals surface area contributed by atoms with Crippen molar-refractivity contribution in [2.75, 3.05) is 13.1 Å². The summed E-state index contributed by atoms with van der Waals surface area (Å²) in [7, 11) is 0. The number of aliphatic hydroxyl groups is 1. The maximum absolute atomic E-state index is 13.4. The van der Waals surface area contributed by atoms with Crippen LogP contribution in [-0.4, -0.2) is 92.2 Å². The zero-order chi connectivity index (χ0) is 25.0. The summed E-state index contributed by atoms with van der Waals surface area (Å²) in [6, 6.07) is 2.14. The molecule has 3 amide bonds. The summed E-state index contributed by atoms with van der Waals surface area (Å²) in [6.45, 7) is 1.98. The van der Waals surface area contributed by atoms with Crippen LogP contribution in [-0.2, 0) is 25.6 Å². The van der Waals surface area contributed by atoms with Crippen LogP contribution in [0.2, 0.25) is 0 Å². The summed E-state index contributed by atoms with van der Waals surface area (Å²) >= 11 is 0. The monoisotopic (exact) mass is 476 g/mol. The number of nitrogens with two attached hydrogens (primary N) is 1.